The third-order valence-corrected chi connectivity index (χ3v) is 4.26. The van der Waals surface area contributed by atoms with Crippen molar-refractivity contribution in [2.75, 3.05) is 7.11 Å². The first-order valence-electron chi connectivity index (χ1n) is 6.23. The van der Waals surface area contributed by atoms with Crippen molar-refractivity contribution in [1.82, 2.24) is 9.71 Å². The van der Waals surface area contributed by atoms with Crippen molar-refractivity contribution in [3.8, 4) is 5.88 Å². The van der Waals surface area contributed by atoms with Crippen LogP contribution in [0.1, 0.15) is 11.1 Å². The minimum absolute atomic E-state index is 0.121. The lowest BCUT2D eigenvalue weighted by atomic mass is 10.2. The van der Waals surface area contributed by atoms with Crippen LogP contribution in [0.5, 0.6) is 5.88 Å². The summed E-state index contributed by atoms with van der Waals surface area (Å²) in [4.78, 5) is 4.13. The molecule has 0 atom stereocenters. The number of sulfonamides is 1. The van der Waals surface area contributed by atoms with Gasteiger partial charge in [0, 0.05) is 18.8 Å². The van der Waals surface area contributed by atoms with Gasteiger partial charge in [-0.1, -0.05) is 18.2 Å². The molecular formula is C14H16N2O4S. The van der Waals surface area contributed by atoms with E-state index < -0.39 is 10.0 Å². The van der Waals surface area contributed by atoms with Crippen LogP contribution in [0.4, 0.5) is 0 Å². The van der Waals surface area contributed by atoms with Crippen LogP contribution >= 0.6 is 0 Å². The molecule has 0 aliphatic heterocycles. The van der Waals surface area contributed by atoms with Gasteiger partial charge in [-0.15, -0.1) is 0 Å². The molecule has 0 unspecified atom stereocenters. The Morgan fingerprint density at radius 2 is 2.05 bits per heavy atom. The van der Waals surface area contributed by atoms with E-state index in [9.17, 15) is 8.42 Å². The maximum Gasteiger partial charge on any atom is 0.240 e. The van der Waals surface area contributed by atoms with E-state index in [1.165, 1.54) is 19.2 Å². The maximum atomic E-state index is 12.2. The molecule has 0 spiro atoms. The molecule has 0 amide bonds. The number of nitrogens with zero attached hydrogens (tertiary/aromatic N) is 1. The van der Waals surface area contributed by atoms with Crippen LogP contribution in [-0.4, -0.2) is 25.6 Å². The second-order valence-corrected chi connectivity index (χ2v) is 6.11. The minimum Gasteiger partial charge on any atom is -0.481 e. The van der Waals surface area contributed by atoms with E-state index >= 15 is 0 Å². The van der Waals surface area contributed by atoms with Gasteiger partial charge in [-0.25, -0.2) is 18.1 Å². The van der Waals surface area contributed by atoms with Gasteiger partial charge < -0.3 is 9.84 Å². The monoisotopic (exact) mass is 308 g/mol. The number of benzene rings is 1. The third kappa shape index (κ3) is 4.01. The van der Waals surface area contributed by atoms with Crippen LogP contribution in [0.2, 0.25) is 0 Å². The van der Waals surface area contributed by atoms with Crippen LogP contribution in [-0.2, 0) is 23.2 Å². The Morgan fingerprint density at radius 3 is 2.67 bits per heavy atom. The zero-order valence-corrected chi connectivity index (χ0v) is 12.3. The first-order valence-corrected chi connectivity index (χ1v) is 7.72. The summed E-state index contributed by atoms with van der Waals surface area (Å²) in [5.41, 5.74) is 1.27. The van der Waals surface area contributed by atoms with E-state index in [4.69, 9.17) is 9.84 Å². The molecule has 0 radical (unpaired) electrons. The van der Waals surface area contributed by atoms with E-state index in [0.29, 0.717) is 11.4 Å². The number of aliphatic hydroxyl groups is 1. The average molecular weight is 308 g/mol. The lowest BCUT2D eigenvalue weighted by molar-refractivity contribution is 0.281. The van der Waals surface area contributed by atoms with Crippen LogP contribution < -0.4 is 9.46 Å². The zero-order chi connectivity index (χ0) is 15.3. The van der Waals surface area contributed by atoms with E-state index in [1.807, 2.05) is 0 Å². The number of aliphatic hydroxyl groups excluding tert-OH is 1. The van der Waals surface area contributed by atoms with Gasteiger partial charge in [0.2, 0.25) is 15.9 Å². The SMILES string of the molecule is COc1ccc(CNS(=O)(=O)c2cccc(CO)c2)cn1. The highest BCUT2D eigenvalue weighted by Gasteiger charge is 2.14. The topological polar surface area (TPSA) is 88.5 Å². The van der Waals surface area contributed by atoms with Crippen LogP contribution in [0.25, 0.3) is 0 Å². The Bertz CT molecular complexity index is 699. The fraction of sp³-hybridized carbons (Fsp3) is 0.214. The molecule has 2 N–H and O–H groups in total. The van der Waals surface area contributed by atoms with E-state index in [1.54, 1.807) is 30.5 Å². The molecule has 0 aliphatic carbocycles. The summed E-state index contributed by atoms with van der Waals surface area (Å²) in [5.74, 6) is 0.470. The second kappa shape index (κ2) is 6.66. The van der Waals surface area contributed by atoms with Crippen molar-refractivity contribution in [3.05, 3.63) is 53.7 Å². The second-order valence-electron chi connectivity index (χ2n) is 4.34. The molecule has 21 heavy (non-hydrogen) atoms. The summed E-state index contributed by atoms with van der Waals surface area (Å²) < 4.78 is 31.7. The van der Waals surface area contributed by atoms with Crippen molar-refractivity contribution >= 4 is 10.0 Å². The Labute approximate surface area is 123 Å². The molecule has 0 saturated carbocycles. The number of rotatable bonds is 6. The molecular weight excluding hydrogens is 292 g/mol. The Balaban J connectivity index is 2.09. The average Bonchev–Trinajstić information content (AvgIpc) is 2.53. The van der Waals surface area contributed by atoms with Gasteiger partial charge in [-0.05, 0) is 23.3 Å². The van der Waals surface area contributed by atoms with E-state index in [0.717, 1.165) is 5.56 Å². The van der Waals surface area contributed by atoms with Gasteiger partial charge >= 0.3 is 0 Å². The van der Waals surface area contributed by atoms with Crippen LogP contribution in [0.3, 0.4) is 0 Å². The Hall–Kier alpha value is -1.96. The molecule has 1 aromatic heterocycles. The molecule has 0 aliphatic rings. The van der Waals surface area contributed by atoms with Crippen molar-refractivity contribution < 1.29 is 18.3 Å². The Morgan fingerprint density at radius 1 is 1.24 bits per heavy atom. The largest absolute Gasteiger partial charge is 0.481 e. The first kappa shape index (κ1) is 15.4. The lowest BCUT2D eigenvalue weighted by Gasteiger charge is -2.08. The summed E-state index contributed by atoms with van der Waals surface area (Å²) in [7, 11) is -2.11. The summed E-state index contributed by atoms with van der Waals surface area (Å²) >= 11 is 0. The van der Waals surface area contributed by atoms with Crippen molar-refractivity contribution in [3.63, 3.8) is 0 Å². The molecule has 6 nitrogen and oxygen atoms in total. The number of aromatic nitrogens is 1. The predicted octanol–water partition coefficient (Wildman–Crippen LogP) is 1.06. The number of ether oxygens (including phenoxy) is 1. The van der Waals surface area contributed by atoms with Gasteiger partial charge in [0.05, 0.1) is 18.6 Å². The molecule has 2 rings (SSSR count). The lowest BCUT2D eigenvalue weighted by Crippen LogP contribution is -2.23. The fourth-order valence-electron chi connectivity index (χ4n) is 1.71. The standard InChI is InChI=1S/C14H16N2O4S/c1-20-14-6-5-12(8-15-14)9-16-21(18,19)13-4-2-3-11(7-13)10-17/h2-8,16-17H,9-10H2,1H3. The molecule has 112 valence electrons. The van der Waals surface area contributed by atoms with E-state index in [2.05, 4.69) is 9.71 Å². The molecule has 7 heteroatoms. The highest BCUT2D eigenvalue weighted by molar-refractivity contribution is 7.89. The minimum atomic E-state index is -3.63. The van der Waals surface area contributed by atoms with E-state index in [-0.39, 0.29) is 18.0 Å². The van der Waals surface area contributed by atoms with Gasteiger partial charge in [0.15, 0.2) is 0 Å². The summed E-state index contributed by atoms with van der Waals surface area (Å²) in [6, 6.07) is 9.57. The van der Waals surface area contributed by atoms with Gasteiger partial charge in [-0.3, -0.25) is 0 Å². The zero-order valence-electron chi connectivity index (χ0n) is 11.5. The predicted molar refractivity (Wildman–Crippen MR) is 77.2 cm³/mol. The fourth-order valence-corrected chi connectivity index (χ4v) is 2.80. The first-order chi connectivity index (χ1) is 10.0. The third-order valence-electron chi connectivity index (χ3n) is 2.86. The summed E-state index contributed by atoms with van der Waals surface area (Å²) in [5, 5.41) is 9.05. The summed E-state index contributed by atoms with van der Waals surface area (Å²) in [6.07, 6.45) is 1.55. The van der Waals surface area contributed by atoms with Gasteiger partial charge in [-0.2, -0.15) is 0 Å². The molecule has 0 fully saturated rings. The Kier molecular flexibility index (Phi) is 4.89. The maximum absolute atomic E-state index is 12.2. The van der Waals surface area contributed by atoms with Crippen molar-refractivity contribution in [2.24, 2.45) is 0 Å². The quantitative estimate of drug-likeness (QED) is 0.833. The summed E-state index contributed by atoms with van der Waals surface area (Å²) in [6.45, 7) is -0.0750. The normalized spacial score (nSPS) is 11.3. The molecule has 1 aromatic carbocycles. The van der Waals surface area contributed by atoms with Gasteiger partial charge in [0.25, 0.3) is 0 Å². The highest BCUT2D eigenvalue weighted by atomic mass is 32.2. The van der Waals surface area contributed by atoms with Crippen molar-refractivity contribution in [1.29, 1.82) is 0 Å². The number of pyridine rings is 1. The van der Waals surface area contributed by atoms with Gasteiger partial charge in [0.1, 0.15) is 0 Å². The molecule has 2 aromatic rings. The van der Waals surface area contributed by atoms with Crippen LogP contribution in [0.15, 0.2) is 47.5 Å². The molecule has 0 saturated heterocycles. The van der Waals surface area contributed by atoms with Crippen LogP contribution in [0, 0.1) is 0 Å². The van der Waals surface area contributed by atoms with Crippen molar-refractivity contribution in [2.45, 2.75) is 18.0 Å². The number of nitrogens with one attached hydrogen (secondary N) is 1. The highest BCUT2D eigenvalue weighted by Crippen LogP contribution is 2.13. The molecule has 0 bridgehead atoms. The smallest absolute Gasteiger partial charge is 0.240 e. The number of hydrogen-bond donors (Lipinski definition) is 2. The number of methoxy groups -OCH3 is 1. The molecule has 1 heterocycles. The number of hydrogen-bond acceptors (Lipinski definition) is 5.